The van der Waals surface area contributed by atoms with E-state index in [1.807, 2.05) is 0 Å². The number of carbonyl (C=O) groups excluding carboxylic acids is 7. The number of aliphatic carboxylic acids is 4. The molecule has 0 radical (unpaired) electrons. The van der Waals surface area contributed by atoms with Crippen molar-refractivity contribution in [1.29, 1.82) is 0 Å². The quantitative estimate of drug-likeness (QED) is 0.0276. The van der Waals surface area contributed by atoms with Crippen LogP contribution in [-0.2, 0) is 62.1 Å². The number of amides is 8. The van der Waals surface area contributed by atoms with Crippen LogP contribution < -0.4 is 61.5 Å². The van der Waals surface area contributed by atoms with Crippen LogP contribution in [0.1, 0.15) is 61.7 Å². The Labute approximate surface area is 492 Å². The number of carbonyl (C=O) groups is 11. The van der Waals surface area contributed by atoms with E-state index in [4.69, 9.17) is 58.3 Å². The molecule has 4 rings (SSSR count). The summed E-state index contributed by atoms with van der Waals surface area (Å²) in [5.41, 5.74) is -0.0116. The number of thioether (sulfide) groups is 1. The number of carboxylic acid groups (broad SMARTS) is 4. The zero-order chi connectivity index (χ0) is 61.8. The molecule has 0 aliphatic carbocycles. The molecule has 85 heavy (non-hydrogen) atoms. The van der Waals surface area contributed by atoms with Crippen molar-refractivity contribution in [1.82, 2.24) is 42.5 Å². The van der Waals surface area contributed by atoms with Crippen molar-refractivity contribution in [3.8, 4) is 34.1 Å². The highest BCUT2D eigenvalue weighted by atomic mass is 32.2. The van der Waals surface area contributed by atoms with Crippen LogP contribution in [0.15, 0.2) is 30.3 Å². The van der Waals surface area contributed by atoms with Crippen molar-refractivity contribution < 1.29 is 111 Å². The monoisotopic (exact) mass is 1220 g/mol. The van der Waals surface area contributed by atoms with E-state index in [1.54, 1.807) is 11.8 Å². The van der Waals surface area contributed by atoms with Crippen molar-refractivity contribution in [3.05, 3.63) is 35.9 Å². The lowest BCUT2D eigenvalue weighted by Crippen LogP contribution is -2.36. The van der Waals surface area contributed by atoms with E-state index in [1.165, 1.54) is 30.3 Å². The van der Waals surface area contributed by atoms with Gasteiger partial charge in [-0.05, 0) is 36.6 Å². The predicted octanol–water partition coefficient (Wildman–Crippen LogP) is -1.13. The van der Waals surface area contributed by atoms with Gasteiger partial charge in [-0.1, -0.05) is 6.42 Å². The molecule has 2 fully saturated rings. The lowest BCUT2D eigenvalue weighted by atomic mass is 9.99. The molecule has 0 unspecified atom stereocenters. The second kappa shape index (κ2) is 39.4. The summed E-state index contributed by atoms with van der Waals surface area (Å²) in [4.78, 5) is 134. The molecule has 8 amide bonds. The highest BCUT2D eigenvalue weighted by Gasteiger charge is 2.42. The lowest BCUT2D eigenvalue weighted by Gasteiger charge is -2.19. The van der Waals surface area contributed by atoms with Gasteiger partial charge in [-0.15, -0.1) is 0 Å². The molecular formula is C53H74N8O23S. The summed E-state index contributed by atoms with van der Waals surface area (Å²) in [6.45, 7) is -3.17. The molecular weight excluding hydrogens is 1150 g/mol. The van der Waals surface area contributed by atoms with Crippen molar-refractivity contribution in [2.24, 2.45) is 0 Å². The molecule has 3 atom stereocenters. The number of fused-ring (bicyclic) bond motifs is 1. The van der Waals surface area contributed by atoms with E-state index in [0.717, 1.165) is 18.6 Å². The highest BCUT2D eigenvalue weighted by molar-refractivity contribution is 8.00. The van der Waals surface area contributed by atoms with E-state index in [9.17, 15) is 52.7 Å². The number of ether oxygens (including phenoxy) is 8. The first-order valence-electron chi connectivity index (χ1n) is 27.2. The molecule has 0 aromatic heterocycles. The Kier molecular flexibility index (Phi) is 32.1. The van der Waals surface area contributed by atoms with Gasteiger partial charge in [0.15, 0.2) is 26.4 Å². The molecule has 31 nitrogen and oxygen atoms in total. The number of urea groups is 1. The number of benzene rings is 2. The number of nitrogens with one attached hydrogen (secondary N) is 8. The number of rotatable bonds is 46. The Bertz CT molecular complexity index is 2520. The summed E-state index contributed by atoms with van der Waals surface area (Å²) >= 11 is 1.77. The number of carboxylic acids is 4. The SMILES string of the molecule is O=C(O)CCOCCNC(=O)COc1cc(OCC(=O)NCCOCCC(=O)O)cc(-c2cc(C(=O)NCCNC(=O)CCCC[C@@H]3SC[C@@H]4NC(=O)N[C@@H]43)c(OCC(=O)NCCOCCC(=O)O)cc2OCC(=O)NCCOCCC(=O)O)c1. The van der Waals surface area contributed by atoms with Crippen LogP contribution >= 0.6 is 11.8 Å². The predicted molar refractivity (Wildman–Crippen MR) is 297 cm³/mol. The molecule has 2 heterocycles. The van der Waals surface area contributed by atoms with Crippen LogP contribution in [0, 0.1) is 0 Å². The van der Waals surface area contributed by atoms with E-state index in [2.05, 4.69) is 42.5 Å². The maximum Gasteiger partial charge on any atom is 0.315 e. The van der Waals surface area contributed by atoms with Crippen molar-refractivity contribution in [2.75, 3.05) is 124 Å². The molecule has 2 saturated heterocycles. The minimum Gasteiger partial charge on any atom is -0.484 e. The summed E-state index contributed by atoms with van der Waals surface area (Å²) in [5.74, 6) is -7.54. The highest BCUT2D eigenvalue weighted by Crippen LogP contribution is 2.40. The van der Waals surface area contributed by atoms with Crippen molar-refractivity contribution in [2.45, 2.75) is 68.7 Å². The van der Waals surface area contributed by atoms with Crippen LogP contribution in [0.4, 0.5) is 4.79 Å². The van der Waals surface area contributed by atoms with Gasteiger partial charge in [-0.3, -0.25) is 47.9 Å². The van der Waals surface area contributed by atoms with E-state index >= 15 is 0 Å². The van der Waals surface area contributed by atoms with Gasteiger partial charge >= 0.3 is 29.9 Å². The molecule has 0 bridgehead atoms. The molecule has 32 heteroatoms. The topological polar surface area (TPSA) is 439 Å². The second-order valence-corrected chi connectivity index (χ2v) is 19.9. The lowest BCUT2D eigenvalue weighted by molar-refractivity contribution is -0.139. The smallest absolute Gasteiger partial charge is 0.315 e. The molecule has 2 aromatic carbocycles. The first-order chi connectivity index (χ1) is 40.9. The standard InChI is InChI=1S/C53H74N8O23S/c62-42(4-2-1-3-41-51-38(32-85-41)60-53(76)61-51)54-9-10-59-52(75)37-26-36(39(83-30-45(65)57-13-21-79-17-7-49(71)72)27-40(37)84-31-46(66)58-14-22-80-18-8-50(73)74)33-23-34(81-28-43(63)55-11-19-77-15-5-47(67)68)25-35(24-33)82-29-44(64)56-12-20-78-16-6-48(69)70/h23-27,38,41,51H,1-22,28-32H2,(H,54,62)(H,55,63)(H,56,64)(H,57,65)(H,58,66)(H,59,75)(H,67,68)(H,69,70)(H,71,72)(H,73,74)(H2,60,61,76)/t38-,41-,51-/m0/s1. The zero-order valence-corrected chi connectivity index (χ0v) is 47.5. The van der Waals surface area contributed by atoms with Gasteiger partial charge in [0, 0.05) is 74.4 Å². The summed E-state index contributed by atoms with van der Waals surface area (Å²) in [5, 5.41) is 57.4. The zero-order valence-electron chi connectivity index (χ0n) is 46.7. The summed E-state index contributed by atoms with van der Waals surface area (Å²) in [7, 11) is 0. The Balaban J connectivity index is 1.62. The van der Waals surface area contributed by atoms with Gasteiger partial charge in [0.1, 0.15) is 23.0 Å². The third-order valence-electron chi connectivity index (χ3n) is 11.9. The summed E-state index contributed by atoms with van der Waals surface area (Å²) < 4.78 is 44.6. The van der Waals surface area contributed by atoms with Crippen LogP contribution in [0.25, 0.3) is 11.1 Å². The maximum atomic E-state index is 14.3. The first kappa shape index (κ1) is 69.3. The van der Waals surface area contributed by atoms with Crippen molar-refractivity contribution in [3.63, 3.8) is 0 Å². The third-order valence-corrected chi connectivity index (χ3v) is 13.4. The maximum absolute atomic E-state index is 14.3. The molecule has 2 aliphatic heterocycles. The van der Waals surface area contributed by atoms with Crippen LogP contribution in [-0.4, -0.2) is 227 Å². The second-order valence-electron chi connectivity index (χ2n) is 18.6. The largest absolute Gasteiger partial charge is 0.484 e. The van der Waals surface area contributed by atoms with Gasteiger partial charge in [0.25, 0.3) is 29.5 Å². The molecule has 2 aromatic rings. The first-order valence-corrected chi connectivity index (χ1v) is 28.2. The van der Waals surface area contributed by atoms with Gasteiger partial charge in [-0.25, -0.2) is 4.79 Å². The summed E-state index contributed by atoms with van der Waals surface area (Å²) in [6, 6.07) is 6.64. The van der Waals surface area contributed by atoms with Crippen molar-refractivity contribution >= 4 is 77.1 Å². The fraction of sp³-hybridized carbons (Fsp3) is 0.566. The van der Waals surface area contributed by atoms with Gasteiger partial charge in [0.2, 0.25) is 5.91 Å². The van der Waals surface area contributed by atoms with E-state index in [-0.39, 0.29) is 193 Å². The molecule has 12 N–H and O–H groups in total. The van der Waals surface area contributed by atoms with Crippen LogP contribution in [0.2, 0.25) is 0 Å². The van der Waals surface area contributed by atoms with Gasteiger partial charge in [0.05, 0.1) is 96.2 Å². The fourth-order valence-corrected chi connectivity index (χ4v) is 9.36. The number of unbranched alkanes of at least 4 members (excludes halogenated alkanes) is 1. The van der Waals surface area contributed by atoms with Crippen LogP contribution in [0.3, 0.4) is 0 Å². The van der Waals surface area contributed by atoms with E-state index < -0.39 is 79.8 Å². The number of hydrogen-bond acceptors (Lipinski definition) is 20. The molecule has 0 spiro atoms. The normalized spacial score (nSPS) is 14.8. The fourth-order valence-electron chi connectivity index (χ4n) is 7.82. The molecule has 2 aliphatic rings. The Hall–Kier alpha value is -8.20. The Morgan fingerprint density at radius 1 is 0.471 bits per heavy atom. The molecule has 470 valence electrons. The minimum atomic E-state index is -1.07. The van der Waals surface area contributed by atoms with Gasteiger partial charge in [-0.2, -0.15) is 11.8 Å². The minimum absolute atomic E-state index is 0.000733. The van der Waals surface area contributed by atoms with Crippen LogP contribution in [0.5, 0.6) is 23.0 Å². The Morgan fingerprint density at radius 3 is 1.38 bits per heavy atom. The Morgan fingerprint density at radius 2 is 0.906 bits per heavy atom. The average Bonchev–Trinajstić information content (AvgIpc) is 3.32. The third kappa shape index (κ3) is 29.3. The number of hydrogen-bond donors (Lipinski definition) is 12. The summed E-state index contributed by atoms with van der Waals surface area (Å²) in [6.07, 6.45) is 1.35. The van der Waals surface area contributed by atoms with Gasteiger partial charge < -0.3 is 101 Å². The average molecular weight is 1220 g/mol. The molecule has 0 saturated carbocycles. The van der Waals surface area contributed by atoms with E-state index in [0.29, 0.717) is 6.42 Å².